The molecule has 1 N–H and O–H groups in total. The van der Waals surface area contributed by atoms with Crippen LogP contribution in [0, 0.1) is 0 Å². The monoisotopic (exact) mass is 420 g/mol. The molecule has 0 unspecified atom stereocenters. The number of H-pyrrole nitrogens is 1. The van der Waals surface area contributed by atoms with Crippen molar-refractivity contribution >= 4 is 11.9 Å². The fourth-order valence-corrected chi connectivity index (χ4v) is 3.98. The fraction of sp³-hybridized carbons (Fsp3) is 0.364. The molecule has 1 aromatic carbocycles. The largest absolute Gasteiger partial charge is 0.496 e. The summed E-state index contributed by atoms with van der Waals surface area (Å²) in [4.78, 5) is 26.4. The van der Waals surface area contributed by atoms with E-state index in [1.807, 2.05) is 30.5 Å². The highest BCUT2D eigenvalue weighted by molar-refractivity contribution is 5.93. The first-order chi connectivity index (χ1) is 15.2. The molecule has 160 valence electrons. The predicted octanol–water partition coefficient (Wildman–Crippen LogP) is 1.91. The average molecular weight is 420 g/mol. The maximum atomic E-state index is 13.1. The summed E-state index contributed by atoms with van der Waals surface area (Å²) in [6, 6.07) is 9.39. The number of carbonyl (C=O) groups excluding carboxylic acids is 1. The van der Waals surface area contributed by atoms with Gasteiger partial charge in [-0.3, -0.25) is 9.89 Å². The molecule has 1 fully saturated rings. The molecule has 1 amide bonds. The minimum absolute atomic E-state index is 0.0918. The highest BCUT2D eigenvalue weighted by Crippen LogP contribution is 2.29. The number of benzene rings is 1. The Bertz CT molecular complexity index is 1090. The summed E-state index contributed by atoms with van der Waals surface area (Å²) in [5.41, 5.74) is 3.97. The molecule has 0 saturated carbocycles. The van der Waals surface area contributed by atoms with Gasteiger partial charge < -0.3 is 19.3 Å². The van der Waals surface area contributed by atoms with Gasteiger partial charge in [0.15, 0.2) is 0 Å². The molecule has 2 aliphatic rings. The number of anilines is 1. The molecule has 31 heavy (non-hydrogen) atoms. The second-order valence-corrected chi connectivity index (χ2v) is 7.59. The predicted molar refractivity (Wildman–Crippen MR) is 114 cm³/mol. The van der Waals surface area contributed by atoms with E-state index in [0.29, 0.717) is 49.4 Å². The maximum absolute atomic E-state index is 13.1. The van der Waals surface area contributed by atoms with Crippen LogP contribution in [0.25, 0.3) is 11.3 Å². The lowest BCUT2D eigenvalue weighted by atomic mass is 10.1. The zero-order valence-electron chi connectivity index (χ0n) is 17.4. The third-order valence-electron chi connectivity index (χ3n) is 5.71. The third-order valence-corrected chi connectivity index (χ3v) is 5.71. The van der Waals surface area contributed by atoms with Gasteiger partial charge in [-0.2, -0.15) is 5.10 Å². The van der Waals surface area contributed by atoms with Crippen molar-refractivity contribution in [1.82, 2.24) is 25.1 Å². The standard InChI is InChI=1S/C22H24N6O3/c1-30-20-5-3-2-4-16(20)17-12-18(26-25-17)21(29)28-7-6-15-13-23-22(24-19(15)14-28)27-8-10-31-11-9-27/h2-5,12-13H,6-11,14H2,1H3,(H,25,26). The van der Waals surface area contributed by atoms with Gasteiger partial charge in [0.1, 0.15) is 11.4 Å². The van der Waals surface area contributed by atoms with Gasteiger partial charge in [-0.15, -0.1) is 0 Å². The number of carbonyl (C=O) groups is 1. The highest BCUT2D eigenvalue weighted by Gasteiger charge is 2.26. The van der Waals surface area contributed by atoms with Gasteiger partial charge in [0.25, 0.3) is 5.91 Å². The van der Waals surface area contributed by atoms with Crippen LogP contribution in [-0.4, -0.2) is 70.9 Å². The molecule has 2 aromatic heterocycles. The van der Waals surface area contributed by atoms with E-state index in [0.717, 1.165) is 36.3 Å². The first-order valence-corrected chi connectivity index (χ1v) is 10.4. The van der Waals surface area contributed by atoms with Gasteiger partial charge >= 0.3 is 0 Å². The van der Waals surface area contributed by atoms with Crippen LogP contribution in [0.3, 0.4) is 0 Å². The number of aromatic nitrogens is 4. The molecule has 0 bridgehead atoms. The van der Waals surface area contributed by atoms with E-state index in [1.165, 1.54) is 0 Å². The van der Waals surface area contributed by atoms with Crippen LogP contribution < -0.4 is 9.64 Å². The molecular formula is C22H24N6O3. The number of morpholine rings is 1. The van der Waals surface area contributed by atoms with Crippen LogP contribution >= 0.6 is 0 Å². The van der Waals surface area contributed by atoms with Gasteiger partial charge in [0, 0.05) is 31.4 Å². The number of ether oxygens (including phenoxy) is 2. The first-order valence-electron chi connectivity index (χ1n) is 10.4. The second kappa shape index (κ2) is 8.35. The summed E-state index contributed by atoms with van der Waals surface area (Å²) < 4.78 is 10.8. The SMILES string of the molecule is COc1ccccc1-c1cc(C(=O)N2CCc3cnc(N4CCOCC4)nc3C2)[nH]n1. The number of para-hydroxylation sites is 1. The van der Waals surface area contributed by atoms with Crippen LogP contribution in [0.2, 0.25) is 0 Å². The molecule has 5 rings (SSSR count). The van der Waals surface area contributed by atoms with E-state index >= 15 is 0 Å². The smallest absolute Gasteiger partial charge is 0.272 e. The van der Waals surface area contributed by atoms with Crippen molar-refractivity contribution in [2.75, 3.05) is 44.9 Å². The van der Waals surface area contributed by atoms with E-state index in [2.05, 4.69) is 20.1 Å². The van der Waals surface area contributed by atoms with Crippen molar-refractivity contribution in [3.05, 3.63) is 53.5 Å². The van der Waals surface area contributed by atoms with E-state index in [9.17, 15) is 4.79 Å². The van der Waals surface area contributed by atoms with Crippen molar-refractivity contribution in [2.45, 2.75) is 13.0 Å². The molecule has 4 heterocycles. The zero-order valence-corrected chi connectivity index (χ0v) is 17.4. The Kier molecular flexibility index (Phi) is 5.25. The minimum atomic E-state index is -0.0918. The Hall–Kier alpha value is -3.46. The lowest BCUT2D eigenvalue weighted by molar-refractivity contribution is 0.0725. The van der Waals surface area contributed by atoms with Crippen LogP contribution in [0.15, 0.2) is 36.5 Å². The summed E-state index contributed by atoms with van der Waals surface area (Å²) in [6.07, 6.45) is 2.63. The van der Waals surface area contributed by atoms with Crippen LogP contribution in [0.4, 0.5) is 5.95 Å². The van der Waals surface area contributed by atoms with E-state index in [4.69, 9.17) is 14.5 Å². The topological polar surface area (TPSA) is 96.5 Å². The number of rotatable bonds is 4. The Labute approximate surface area is 180 Å². The Balaban J connectivity index is 1.34. The molecule has 1 saturated heterocycles. The van der Waals surface area contributed by atoms with Crippen LogP contribution in [-0.2, 0) is 17.7 Å². The Morgan fingerprint density at radius 1 is 1.19 bits per heavy atom. The summed E-state index contributed by atoms with van der Waals surface area (Å²) >= 11 is 0. The van der Waals surface area contributed by atoms with E-state index in [-0.39, 0.29) is 5.91 Å². The van der Waals surface area contributed by atoms with E-state index in [1.54, 1.807) is 18.1 Å². The summed E-state index contributed by atoms with van der Waals surface area (Å²) in [5.74, 6) is 1.33. The molecule has 2 aliphatic heterocycles. The molecule has 3 aromatic rings. The lowest BCUT2D eigenvalue weighted by Crippen LogP contribution is -2.39. The molecule has 9 nitrogen and oxygen atoms in total. The summed E-state index contributed by atoms with van der Waals surface area (Å²) in [6.45, 7) is 3.99. The second-order valence-electron chi connectivity index (χ2n) is 7.59. The number of hydrogen-bond donors (Lipinski definition) is 1. The van der Waals surface area contributed by atoms with Crippen molar-refractivity contribution in [2.24, 2.45) is 0 Å². The molecule has 9 heteroatoms. The van der Waals surface area contributed by atoms with Gasteiger partial charge in [0.2, 0.25) is 5.95 Å². The fourth-order valence-electron chi connectivity index (χ4n) is 3.98. The van der Waals surface area contributed by atoms with Gasteiger partial charge in [-0.05, 0) is 30.2 Å². The Morgan fingerprint density at radius 3 is 2.87 bits per heavy atom. The van der Waals surface area contributed by atoms with Gasteiger partial charge in [0.05, 0.1) is 38.3 Å². The summed E-state index contributed by atoms with van der Waals surface area (Å²) in [7, 11) is 1.62. The highest BCUT2D eigenvalue weighted by atomic mass is 16.5. The zero-order chi connectivity index (χ0) is 21.2. The first kappa shape index (κ1) is 19.5. The average Bonchev–Trinajstić information content (AvgIpc) is 3.33. The van der Waals surface area contributed by atoms with Crippen LogP contribution in [0.1, 0.15) is 21.7 Å². The number of nitrogens with one attached hydrogen (secondary N) is 1. The maximum Gasteiger partial charge on any atom is 0.272 e. The lowest BCUT2D eigenvalue weighted by Gasteiger charge is -2.30. The number of fused-ring (bicyclic) bond motifs is 1. The quantitative estimate of drug-likeness (QED) is 0.689. The molecule has 0 radical (unpaired) electrons. The van der Waals surface area contributed by atoms with Gasteiger partial charge in [-0.1, -0.05) is 12.1 Å². The molecular weight excluding hydrogens is 396 g/mol. The summed E-state index contributed by atoms with van der Waals surface area (Å²) in [5, 5.41) is 7.22. The van der Waals surface area contributed by atoms with Gasteiger partial charge in [-0.25, -0.2) is 9.97 Å². The minimum Gasteiger partial charge on any atom is -0.496 e. The number of methoxy groups -OCH3 is 1. The van der Waals surface area contributed by atoms with Crippen molar-refractivity contribution in [1.29, 1.82) is 0 Å². The number of amides is 1. The normalized spacial score (nSPS) is 16.2. The van der Waals surface area contributed by atoms with Crippen LogP contribution in [0.5, 0.6) is 5.75 Å². The molecule has 0 aliphatic carbocycles. The number of hydrogen-bond acceptors (Lipinski definition) is 7. The Morgan fingerprint density at radius 2 is 2.03 bits per heavy atom. The van der Waals surface area contributed by atoms with Crippen molar-refractivity contribution in [3.63, 3.8) is 0 Å². The molecule has 0 spiro atoms. The molecule has 0 atom stereocenters. The van der Waals surface area contributed by atoms with E-state index < -0.39 is 0 Å². The van der Waals surface area contributed by atoms with Crippen molar-refractivity contribution < 1.29 is 14.3 Å². The number of aromatic amines is 1. The number of nitrogens with zero attached hydrogens (tertiary/aromatic N) is 5. The van der Waals surface area contributed by atoms with Crippen molar-refractivity contribution in [3.8, 4) is 17.0 Å². The third kappa shape index (κ3) is 3.84.